The minimum atomic E-state index is -0.434. The number of amides is 1. The molecule has 0 heterocycles. The third-order valence-corrected chi connectivity index (χ3v) is 2.60. The smallest absolute Gasteiger partial charge is 0.242 e. The summed E-state index contributed by atoms with van der Waals surface area (Å²) in [6.45, 7) is 3.67. The van der Waals surface area contributed by atoms with Gasteiger partial charge in [-0.2, -0.15) is 0 Å². The fourth-order valence-electron chi connectivity index (χ4n) is 1.44. The Bertz CT molecular complexity index is 396. The summed E-state index contributed by atoms with van der Waals surface area (Å²) in [5, 5.41) is 0.201. The summed E-state index contributed by atoms with van der Waals surface area (Å²) in [6.07, 6.45) is 0. The number of carbonyl (C=O) groups excluding carboxylic acids is 1. The number of benzene rings is 1. The number of hydrogen-bond acceptors (Lipinski definition) is 1. The zero-order valence-corrected chi connectivity index (χ0v) is 10.5. The van der Waals surface area contributed by atoms with Crippen LogP contribution in [-0.4, -0.2) is 17.8 Å². The third kappa shape index (κ3) is 2.86. The number of carbonyl (C=O) groups is 1. The molecule has 0 fully saturated rings. The largest absolute Gasteiger partial charge is 0.307 e. The maximum atomic E-state index is 12.9. The quantitative estimate of drug-likeness (QED) is 0.765. The van der Waals surface area contributed by atoms with Crippen LogP contribution in [0.15, 0.2) is 18.2 Å². The monoisotopic (exact) mass is 263 g/mol. The summed E-state index contributed by atoms with van der Waals surface area (Å²) in [7, 11) is 0. The Labute approximate surface area is 104 Å². The molecule has 0 bridgehead atoms. The highest BCUT2D eigenvalue weighted by Gasteiger charge is 2.20. The van der Waals surface area contributed by atoms with Gasteiger partial charge in [0.15, 0.2) is 0 Å². The van der Waals surface area contributed by atoms with Gasteiger partial charge in [0.25, 0.3) is 0 Å². The van der Waals surface area contributed by atoms with E-state index in [4.69, 9.17) is 23.2 Å². The fourth-order valence-corrected chi connectivity index (χ4v) is 1.83. The van der Waals surface area contributed by atoms with Gasteiger partial charge >= 0.3 is 0 Å². The van der Waals surface area contributed by atoms with Gasteiger partial charge in [0, 0.05) is 6.04 Å². The Hall–Kier alpha value is -0.800. The van der Waals surface area contributed by atoms with Crippen molar-refractivity contribution in [1.29, 1.82) is 0 Å². The maximum Gasteiger partial charge on any atom is 0.242 e. The van der Waals surface area contributed by atoms with Crippen molar-refractivity contribution in [2.75, 3.05) is 10.8 Å². The van der Waals surface area contributed by atoms with Crippen LogP contribution in [0.25, 0.3) is 0 Å². The van der Waals surface area contributed by atoms with Crippen molar-refractivity contribution in [3.63, 3.8) is 0 Å². The molecular formula is C11H12Cl2FNO. The summed E-state index contributed by atoms with van der Waals surface area (Å²) < 4.78 is 12.9. The van der Waals surface area contributed by atoms with Gasteiger partial charge in [-0.25, -0.2) is 4.39 Å². The lowest BCUT2D eigenvalue weighted by molar-refractivity contribution is -0.116. The summed E-state index contributed by atoms with van der Waals surface area (Å²) in [5.41, 5.74) is 0.476. The van der Waals surface area contributed by atoms with E-state index in [0.717, 1.165) is 0 Å². The van der Waals surface area contributed by atoms with E-state index in [2.05, 4.69) is 0 Å². The van der Waals surface area contributed by atoms with Crippen molar-refractivity contribution in [2.45, 2.75) is 19.9 Å². The Morgan fingerprint density at radius 2 is 2.12 bits per heavy atom. The first-order valence-electron chi connectivity index (χ1n) is 4.80. The van der Waals surface area contributed by atoms with Gasteiger partial charge in [0.05, 0.1) is 10.7 Å². The second-order valence-corrected chi connectivity index (χ2v) is 4.26. The average molecular weight is 264 g/mol. The molecular weight excluding hydrogens is 252 g/mol. The van der Waals surface area contributed by atoms with E-state index >= 15 is 0 Å². The highest BCUT2D eigenvalue weighted by Crippen LogP contribution is 2.28. The Morgan fingerprint density at radius 3 is 2.56 bits per heavy atom. The molecule has 0 atom stereocenters. The molecule has 1 rings (SSSR count). The van der Waals surface area contributed by atoms with Gasteiger partial charge in [-0.3, -0.25) is 4.79 Å². The molecule has 0 aliphatic rings. The van der Waals surface area contributed by atoms with Crippen molar-refractivity contribution >= 4 is 34.8 Å². The van der Waals surface area contributed by atoms with Gasteiger partial charge in [-0.15, -0.1) is 11.6 Å². The Kier molecular flexibility index (Phi) is 4.56. The second-order valence-electron chi connectivity index (χ2n) is 3.59. The fraction of sp³-hybridized carbons (Fsp3) is 0.364. The lowest BCUT2D eigenvalue weighted by Crippen LogP contribution is -2.38. The van der Waals surface area contributed by atoms with Gasteiger partial charge in [-0.05, 0) is 32.0 Å². The molecule has 88 valence electrons. The molecule has 1 amide bonds. The van der Waals surface area contributed by atoms with E-state index in [0.29, 0.717) is 5.69 Å². The van der Waals surface area contributed by atoms with E-state index in [1.54, 1.807) is 0 Å². The normalized spacial score (nSPS) is 10.6. The van der Waals surface area contributed by atoms with E-state index in [-0.39, 0.29) is 22.9 Å². The van der Waals surface area contributed by atoms with Crippen molar-refractivity contribution in [3.8, 4) is 0 Å². The van der Waals surface area contributed by atoms with Crippen LogP contribution in [0.1, 0.15) is 13.8 Å². The molecule has 0 N–H and O–H groups in total. The summed E-state index contributed by atoms with van der Waals surface area (Å²) in [4.78, 5) is 13.1. The predicted octanol–water partition coefficient (Wildman–Crippen LogP) is 3.46. The van der Waals surface area contributed by atoms with Crippen LogP contribution in [0.4, 0.5) is 10.1 Å². The number of alkyl halides is 1. The minimum Gasteiger partial charge on any atom is -0.307 e. The first kappa shape index (κ1) is 13.3. The van der Waals surface area contributed by atoms with Crippen LogP contribution >= 0.6 is 23.2 Å². The van der Waals surface area contributed by atoms with Crippen LogP contribution in [0.5, 0.6) is 0 Å². The molecule has 1 aromatic carbocycles. The minimum absolute atomic E-state index is 0.0887. The molecule has 16 heavy (non-hydrogen) atoms. The molecule has 0 spiro atoms. The standard InChI is InChI=1S/C11H12Cl2FNO/c1-7(2)15(11(16)6-12)10-4-3-8(14)5-9(10)13/h3-5,7H,6H2,1-2H3. The predicted molar refractivity (Wildman–Crippen MR) is 64.8 cm³/mol. The van der Waals surface area contributed by atoms with Crippen molar-refractivity contribution in [2.24, 2.45) is 0 Å². The van der Waals surface area contributed by atoms with E-state index in [9.17, 15) is 9.18 Å². The molecule has 0 aliphatic heterocycles. The van der Waals surface area contributed by atoms with E-state index in [1.165, 1.54) is 23.1 Å². The summed E-state index contributed by atoms with van der Waals surface area (Å²) in [6, 6.07) is 3.82. The van der Waals surface area contributed by atoms with Crippen LogP contribution < -0.4 is 4.90 Å². The van der Waals surface area contributed by atoms with E-state index < -0.39 is 5.82 Å². The molecule has 0 radical (unpaired) electrons. The summed E-state index contributed by atoms with van der Waals surface area (Å²) in [5.74, 6) is -0.827. The number of halogens is 3. The van der Waals surface area contributed by atoms with Crippen LogP contribution in [0.3, 0.4) is 0 Å². The highest BCUT2D eigenvalue weighted by atomic mass is 35.5. The van der Waals surface area contributed by atoms with Crippen molar-refractivity contribution in [3.05, 3.63) is 29.0 Å². The zero-order valence-electron chi connectivity index (χ0n) is 9.01. The molecule has 0 aliphatic carbocycles. The maximum absolute atomic E-state index is 12.9. The zero-order chi connectivity index (χ0) is 12.3. The van der Waals surface area contributed by atoms with Crippen molar-refractivity contribution in [1.82, 2.24) is 0 Å². The molecule has 0 saturated heterocycles. The van der Waals surface area contributed by atoms with E-state index in [1.807, 2.05) is 13.8 Å². The summed E-state index contributed by atoms with van der Waals surface area (Å²) >= 11 is 11.4. The lowest BCUT2D eigenvalue weighted by atomic mass is 10.2. The topological polar surface area (TPSA) is 20.3 Å². The Balaban J connectivity index is 3.16. The SMILES string of the molecule is CC(C)N(C(=O)CCl)c1ccc(F)cc1Cl. The third-order valence-electron chi connectivity index (χ3n) is 2.07. The first-order chi connectivity index (χ1) is 7.47. The molecule has 0 unspecified atom stereocenters. The number of hydrogen-bond donors (Lipinski definition) is 0. The van der Waals surface area contributed by atoms with Gasteiger partial charge in [0.1, 0.15) is 11.7 Å². The Morgan fingerprint density at radius 1 is 1.50 bits per heavy atom. The van der Waals surface area contributed by atoms with Gasteiger partial charge in [-0.1, -0.05) is 11.6 Å². The molecule has 5 heteroatoms. The second kappa shape index (κ2) is 5.51. The molecule has 0 aromatic heterocycles. The number of rotatable bonds is 3. The average Bonchev–Trinajstić information content (AvgIpc) is 2.21. The molecule has 0 saturated carbocycles. The van der Waals surface area contributed by atoms with Gasteiger partial charge in [0.2, 0.25) is 5.91 Å². The first-order valence-corrected chi connectivity index (χ1v) is 5.71. The molecule has 1 aromatic rings. The highest BCUT2D eigenvalue weighted by molar-refractivity contribution is 6.35. The van der Waals surface area contributed by atoms with Crippen LogP contribution in [0.2, 0.25) is 5.02 Å². The number of anilines is 1. The number of nitrogens with zero attached hydrogens (tertiary/aromatic N) is 1. The van der Waals surface area contributed by atoms with Crippen molar-refractivity contribution < 1.29 is 9.18 Å². The van der Waals surface area contributed by atoms with Crippen LogP contribution in [0, 0.1) is 5.82 Å². The lowest BCUT2D eigenvalue weighted by Gasteiger charge is -2.27. The van der Waals surface area contributed by atoms with Gasteiger partial charge < -0.3 is 4.90 Å². The van der Waals surface area contributed by atoms with Crippen LogP contribution in [-0.2, 0) is 4.79 Å². The molecule has 2 nitrogen and oxygen atoms in total.